The van der Waals surface area contributed by atoms with Crippen LogP contribution in [-0.4, -0.2) is 11.6 Å². The zero-order valence-corrected chi connectivity index (χ0v) is 16.6. The topological polar surface area (TPSA) is 41.5 Å². The molecular weight excluding hydrogens is 368 g/mol. The van der Waals surface area contributed by atoms with Gasteiger partial charge in [-0.3, -0.25) is 4.79 Å². The maximum Gasteiger partial charge on any atom is 0.255 e. The van der Waals surface area contributed by atoms with Crippen molar-refractivity contribution in [1.29, 1.82) is 0 Å². The van der Waals surface area contributed by atoms with Gasteiger partial charge >= 0.3 is 0 Å². The van der Waals surface area contributed by atoms with Crippen molar-refractivity contribution in [2.45, 2.75) is 6.92 Å². The molecule has 1 N–H and O–H groups in total. The van der Waals surface area contributed by atoms with E-state index in [9.17, 15) is 4.79 Å². The van der Waals surface area contributed by atoms with Gasteiger partial charge in [0, 0.05) is 22.4 Å². The number of nitrogens with one attached hydrogen (secondary N) is 1. The summed E-state index contributed by atoms with van der Waals surface area (Å²) in [7, 11) is 0. The summed E-state index contributed by atoms with van der Waals surface area (Å²) in [5, 5.41) is 3.01. The highest BCUT2D eigenvalue weighted by Crippen LogP contribution is 2.39. The molecule has 1 amide bonds. The predicted molar refractivity (Wildman–Crippen MR) is 123 cm³/mol. The van der Waals surface area contributed by atoms with Crippen LogP contribution in [0.2, 0.25) is 0 Å². The van der Waals surface area contributed by atoms with Crippen LogP contribution in [0.4, 0.5) is 11.4 Å². The van der Waals surface area contributed by atoms with Gasteiger partial charge in [-0.1, -0.05) is 66.2 Å². The first-order chi connectivity index (χ1) is 14.7. The number of benzene rings is 4. The fraction of sp³-hybridized carbons (Fsp3) is 0.0370. The number of carbonyl (C=O) groups is 1. The second-order valence-electron chi connectivity index (χ2n) is 7.42. The summed E-state index contributed by atoms with van der Waals surface area (Å²) < 4.78 is 0. The van der Waals surface area contributed by atoms with Gasteiger partial charge in [-0.2, -0.15) is 0 Å². The Morgan fingerprint density at radius 2 is 1.37 bits per heavy atom. The molecule has 0 bridgehead atoms. The maximum atomic E-state index is 12.6. The average molecular weight is 388 g/mol. The number of rotatable bonds is 3. The van der Waals surface area contributed by atoms with Gasteiger partial charge in [0.25, 0.3) is 5.91 Å². The third-order valence-electron chi connectivity index (χ3n) is 5.32. The molecular formula is C27H20N2O. The molecule has 4 aromatic rings. The second-order valence-corrected chi connectivity index (χ2v) is 7.42. The van der Waals surface area contributed by atoms with Crippen molar-refractivity contribution >= 4 is 23.0 Å². The standard InChI is InChI=1S/C27H20N2O/c1-18-11-13-20(14-12-18)28-26-24-10-6-5-9-22(24)23-16-15-21(17-25(23)26)29-27(30)19-7-3-2-4-8-19/h2-17H,1H3,(H,29,30). The molecule has 0 fully saturated rings. The first-order valence-corrected chi connectivity index (χ1v) is 9.95. The SMILES string of the molecule is Cc1ccc(N=C2c3ccccc3-c3ccc(NC(=O)c4ccccc4)cc32)cc1. The van der Waals surface area contributed by atoms with Crippen LogP contribution in [0, 0.1) is 6.92 Å². The molecule has 3 heteroatoms. The van der Waals surface area contributed by atoms with E-state index < -0.39 is 0 Å². The number of hydrogen-bond acceptors (Lipinski definition) is 2. The number of anilines is 1. The molecule has 0 spiro atoms. The summed E-state index contributed by atoms with van der Waals surface area (Å²) in [5.74, 6) is -0.122. The Morgan fingerprint density at radius 3 is 2.13 bits per heavy atom. The van der Waals surface area contributed by atoms with Gasteiger partial charge in [0.05, 0.1) is 11.4 Å². The van der Waals surface area contributed by atoms with Gasteiger partial charge in [0.2, 0.25) is 0 Å². The van der Waals surface area contributed by atoms with Gasteiger partial charge in [-0.15, -0.1) is 0 Å². The van der Waals surface area contributed by atoms with E-state index in [1.54, 1.807) is 0 Å². The van der Waals surface area contributed by atoms with Gasteiger partial charge in [-0.25, -0.2) is 4.99 Å². The second kappa shape index (κ2) is 7.45. The van der Waals surface area contributed by atoms with E-state index >= 15 is 0 Å². The van der Waals surface area contributed by atoms with E-state index in [1.807, 2.05) is 66.7 Å². The zero-order valence-electron chi connectivity index (χ0n) is 16.6. The molecule has 5 rings (SSSR count). The van der Waals surface area contributed by atoms with Crippen LogP contribution >= 0.6 is 0 Å². The van der Waals surface area contributed by atoms with E-state index in [-0.39, 0.29) is 5.91 Å². The molecule has 0 saturated carbocycles. The van der Waals surface area contributed by atoms with Crippen LogP contribution in [0.1, 0.15) is 27.0 Å². The molecule has 0 saturated heterocycles. The molecule has 0 aliphatic heterocycles. The van der Waals surface area contributed by atoms with Crippen molar-refractivity contribution in [3.63, 3.8) is 0 Å². The molecule has 0 aromatic heterocycles. The lowest BCUT2D eigenvalue weighted by Crippen LogP contribution is -2.12. The van der Waals surface area contributed by atoms with E-state index in [0.29, 0.717) is 5.56 Å². The lowest BCUT2D eigenvalue weighted by molar-refractivity contribution is 0.102. The highest BCUT2D eigenvalue weighted by molar-refractivity contribution is 6.25. The van der Waals surface area contributed by atoms with Crippen LogP contribution in [0.3, 0.4) is 0 Å². The molecule has 144 valence electrons. The van der Waals surface area contributed by atoms with Crippen molar-refractivity contribution in [3.05, 3.63) is 119 Å². The van der Waals surface area contributed by atoms with Crippen LogP contribution in [0.5, 0.6) is 0 Å². The quantitative estimate of drug-likeness (QED) is 0.382. The minimum Gasteiger partial charge on any atom is -0.322 e. The normalized spacial score (nSPS) is 13.0. The van der Waals surface area contributed by atoms with E-state index in [2.05, 4.69) is 42.6 Å². The lowest BCUT2D eigenvalue weighted by atomic mass is 10.1. The molecule has 4 aromatic carbocycles. The summed E-state index contributed by atoms with van der Waals surface area (Å²) >= 11 is 0. The molecule has 30 heavy (non-hydrogen) atoms. The smallest absolute Gasteiger partial charge is 0.255 e. The van der Waals surface area contributed by atoms with Crippen LogP contribution < -0.4 is 5.32 Å². The largest absolute Gasteiger partial charge is 0.322 e. The highest BCUT2D eigenvalue weighted by atomic mass is 16.1. The van der Waals surface area contributed by atoms with E-state index in [4.69, 9.17) is 4.99 Å². The number of aliphatic imine (C=N–C) groups is 1. The Bertz CT molecular complexity index is 1270. The average Bonchev–Trinajstić information content (AvgIpc) is 3.09. The zero-order chi connectivity index (χ0) is 20.5. The first kappa shape index (κ1) is 18.1. The summed E-state index contributed by atoms with van der Waals surface area (Å²) in [6, 6.07) is 31.8. The summed E-state index contributed by atoms with van der Waals surface area (Å²) in [4.78, 5) is 17.6. The Hall–Kier alpha value is -3.98. The Kier molecular flexibility index (Phi) is 4.49. The van der Waals surface area contributed by atoms with Gasteiger partial charge < -0.3 is 5.32 Å². The predicted octanol–water partition coefficient (Wildman–Crippen LogP) is 6.40. The Labute approximate surface area is 175 Å². The van der Waals surface area contributed by atoms with Crippen molar-refractivity contribution in [1.82, 2.24) is 0 Å². The van der Waals surface area contributed by atoms with Gasteiger partial charge in [0.1, 0.15) is 0 Å². The van der Waals surface area contributed by atoms with Gasteiger partial charge in [-0.05, 0) is 54.4 Å². The van der Waals surface area contributed by atoms with Gasteiger partial charge in [0.15, 0.2) is 0 Å². The lowest BCUT2D eigenvalue weighted by Gasteiger charge is -2.08. The van der Waals surface area contributed by atoms with Crippen LogP contribution in [-0.2, 0) is 0 Å². The summed E-state index contributed by atoms with van der Waals surface area (Å²) in [6.45, 7) is 2.07. The third-order valence-corrected chi connectivity index (χ3v) is 5.32. The summed E-state index contributed by atoms with van der Waals surface area (Å²) in [5.41, 5.74) is 8.88. The monoisotopic (exact) mass is 388 g/mol. The van der Waals surface area contributed by atoms with Crippen molar-refractivity contribution < 1.29 is 4.79 Å². The maximum absolute atomic E-state index is 12.6. The fourth-order valence-corrected chi connectivity index (χ4v) is 3.78. The highest BCUT2D eigenvalue weighted by Gasteiger charge is 2.25. The molecule has 3 nitrogen and oxygen atoms in total. The number of aryl methyl sites for hydroxylation is 1. The molecule has 0 unspecified atom stereocenters. The van der Waals surface area contributed by atoms with Crippen LogP contribution in [0.25, 0.3) is 11.1 Å². The van der Waals surface area contributed by atoms with Crippen molar-refractivity contribution in [3.8, 4) is 11.1 Å². The summed E-state index contributed by atoms with van der Waals surface area (Å²) in [6.07, 6.45) is 0. The van der Waals surface area contributed by atoms with Crippen LogP contribution in [0.15, 0.2) is 102 Å². The molecule has 0 heterocycles. The molecule has 1 aliphatic rings. The van der Waals surface area contributed by atoms with Crippen molar-refractivity contribution in [2.75, 3.05) is 5.32 Å². The fourth-order valence-electron chi connectivity index (χ4n) is 3.78. The Morgan fingerprint density at radius 1 is 0.700 bits per heavy atom. The van der Waals surface area contributed by atoms with Crippen molar-refractivity contribution in [2.24, 2.45) is 4.99 Å². The van der Waals surface area contributed by atoms with E-state index in [0.717, 1.165) is 33.8 Å². The number of nitrogens with zero attached hydrogens (tertiary/aromatic N) is 1. The van der Waals surface area contributed by atoms with E-state index in [1.165, 1.54) is 11.1 Å². The number of amides is 1. The minimum atomic E-state index is -0.122. The minimum absolute atomic E-state index is 0.122. The third kappa shape index (κ3) is 3.31. The number of carbonyl (C=O) groups excluding carboxylic acids is 1. The molecule has 0 atom stereocenters. The Balaban J connectivity index is 1.56. The molecule has 0 radical (unpaired) electrons. The molecule has 1 aliphatic carbocycles. The first-order valence-electron chi connectivity index (χ1n) is 9.95. The number of hydrogen-bond donors (Lipinski definition) is 1. The number of fused-ring (bicyclic) bond motifs is 3.